The Morgan fingerprint density at radius 3 is 2.87 bits per heavy atom. The van der Waals surface area contributed by atoms with E-state index in [2.05, 4.69) is 25.9 Å². The van der Waals surface area contributed by atoms with Gasteiger partial charge < -0.3 is 13.8 Å². The van der Waals surface area contributed by atoms with Crippen LogP contribution < -0.4 is 0 Å². The quantitative estimate of drug-likeness (QED) is 0.427. The number of hydrogen-bond acceptors (Lipinski definition) is 6. The summed E-state index contributed by atoms with van der Waals surface area (Å²) in [6.45, 7) is 2.44. The number of fused-ring (bicyclic) bond motifs is 5. The molecule has 0 bridgehead atoms. The molecule has 1 saturated carbocycles. The van der Waals surface area contributed by atoms with Crippen molar-refractivity contribution in [1.82, 2.24) is 29.5 Å². The fraction of sp³-hybridized carbons (Fsp3) is 0.364. The molecule has 3 aliphatic rings. The zero-order valence-electron chi connectivity index (χ0n) is 16.7. The minimum absolute atomic E-state index is 0.432. The van der Waals surface area contributed by atoms with Crippen LogP contribution in [0.2, 0.25) is 5.02 Å². The Bertz CT molecular complexity index is 1310. The lowest BCUT2D eigenvalue weighted by molar-refractivity contribution is -0.0408. The molecule has 0 unspecified atom stereocenters. The highest BCUT2D eigenvalue weighted by atomic mass is 35.5. The highest BCUT2D eigenvalue weighted by molar-refractivity contribution is 6.31. The number of ether oxygens (including phenoxy) is 1. The van der Waals surface area contributed by atoms with Crippen molar-refractivity contribution in [2.75, 3.05) is 13.2 Å². The van der Waals surface area contributed by atoms with Gasteiger partial charge in [-0.15, -0.1) is 0 Å². The smallest absolute Gasteiger partial charge is 0.278 e. The van der Waals surface area contributed by atoms with Crippen LogP contribution in [0.15, 0.2) is 35.2 Å². The molecule has 31 heavy (non-hydrogen) atoms. The molecule has 7 rings (SSSR count). The highest BCUT2D eigenvalue weighted by Crippen LogP contribution is 2.41. The van der Waals surface area contributed by atoms with E-state index in [0.29, 0.717) is 29.2 Å². The molecule has 2 aliphatic heterocycles. The molecule has 0 radical (unpaired) electrons. The van der Waals surface area contributed by atoms with Gasteiger partial charge in [-0.3, -0.25) is 4.68 Å². The first kappa shape index (κ1) is 17.7. The van der Waals surface area contributed by atoms with Crippen LogP contribution in [-0.2, 0) is 17.7 Å². The maximum Gasteiger partial charge on any atom is 0.278 e. The van der Waals surface area contributed by atoms with E-state index in [-0.39, 0.29) is 0 Å². The first-order valence-electron chi connectivity index (χ1n) is 10.6. The molecule has 5 heterocycles. The topological polar surface area (TPSA) is 83.8 Å². The van der Waals surface area contributed by atoms with Gasteiger partial charge in [0.05, 0.1) is 30.3 Å². The van der Waals surface area contributed by atoms with E-state index in [4.69, 9.17) is 26.0 Å². The van der Waals surface area contributed by atoms with Crippen LogP contribution in [0, 0.1) is 5.92 Å². The Kier molecular flexibility index (Phi) is 3.72. The number of halogens is 1. The summed E-state index contributed by atoms with van der Waals surface area (Å²) in [5, 5.41) is 9.79. The number of aromatic nitrogens is 6. The molecule has 1 saturated heterocycles. The van der Waals surface area contributed by atoms with Crippen LogP contribution in [-0.4, -0.2) is 42.7 Å². The van der Waals surface area contributed by atoms with Gasteiger partial charge in [0.2, 0.25) is 0 Å². The van der Waals surface area contributed by atoms with Crippen LogP contribution >= 0.6 is 11.6 Å². The second-order valence-electron chi connectivity index (χ2n) is 8.61. The van der Waals surface area contributed by atoms with Gasteiger partial charge in [-0.1, -0.05) is 16.8 Å². The first-order valence-corrected chi connectivity index (χ1v) is 11.0. The Morgan fingerprint density at radius 1 is 1.16 bits per heavy atom. The first-order chi connectivity index (χ1) is 15.2. The minimum atomic E-state index is 0.432. The normalized spacial score (nSPS) is 17.6. The van der Waals surface area contributed by atoms with Crippen LogP contribution in [0.5, 0.6) is 0 Å². The van der Waals surface area contributed by atoms with Gasteiger partial charge in [-0.05, 0) is 31.0 Å². The summed E-state index contributed by atoms with van der Waals surface area (Å²) in [5.74, 6) is 2.21. The third-order valence-corrected chi connectivity index (χ3v) is 6.51. The Hall–Kier alpha value is -2.97. The summed E-state index contributed by atoms with van der Waals surface area (Å²) in [6, 6.07) is 5.89. The molecular formula is C22H19ClN6O2. The maximum atomic E-state index is 6.38. The van der Waals surface area contributed by atoms with Crippen molar-refractivity contribution < 1.29 is 9.26 Å². The molecular weight excluding hydrogens is 416 g/mol. The van der Waals surface area contributed by atoms with Crippen molar-refractivity contribution in [2.24, 2.45) is 5.92 Å². The Labute approximate surface area is 182 Å². The largest absolute Gasteiger partial charge is 0.381 e. The highest BCUT2D eigenvalue weighted by Gasteiger charge is 2.32. The average Bonchev–Trinajstić information content (AvgIpc) is 3.17. The second kappa shape index (κ2) is 6.51. The van der Waals surface area contributed by atoms with Crippen molar-refractivity contribution in [3.8, 4) is 28.5 Å². The molecule has 156 valence electrons. The number of nitrogens with zero attached hydrogens (tertiary/aromatic N) is 6. The van der Waals surface area contributed by atoms with E-state index >= 15 is 0 Å². The summed E-state index contributed by atoms with van der Waals surface area (Å²) >= 11 is 6.38. The molecule has 0 amide bonds. The number of hydrogen-bond donors (Lipinski definition) is 0. The van der Waals surface area contributed by atoms with Gasteiger partial charge in [0.1, 0.15) is 6.33 Å². The predicted octanol–water partition coefficient (Wildman–Crippen LogP) is 3.87. The summed E-state index contributed by atoms with van der Waals surface area (Å²) < 4.78 is 15.1. The Balaban J connectivity index is 1.37. The van der Waals surface area contributed by atoms with Gasteiger partial charge in [-0.2, -0.15) is 10.1 Å². The lowest BCUT2D eigenvalue weighted by Gasteiger charge is -2.25. The molecule has 3 aromatic heterocycles. The molecule has 9 heteroatoms. The molecule has 8 nitrogen and oxygen atoms in total. The molecule has 0 spiro atoms. The van der Waals surface area contributed by atoms with Gasteiger partial charge in [-0.25, -0.2) is 4.98 Å². The van der Waals surface area contributed by atoms with Crippen molar-refractivity contribution in [1.29, 1.82) is 0 Å². The van der Waals surface area contributed by atoms with Crippen molar-refractivity contribution in [3.63, 3.8) is 0 Å². The number of imidazole rings is 1. The molecule has 1 aliphatic carbocycles. The van der Waals surface area contributed by atoms with Gasteiger partial charge in [0.15, 0.2) is 11.5 Å². The SMILES string of the molecule is Clc1ccc2c(c1)-c1nn(CC3COC3)cc1Cc1c(-c3nc(C4CC4)no3)ncn1-2. The van der Waals surface area contributed by atoms with Crippen molar-refractivity contribution >= 4 is 11.6 Å². The van der Waals surface area contributed by atoms with Crippen molar-refractivity contribution in [3.05, 3.63) is 52.8 Å². The summed E-state index contributed by atoms with van der Waals surface area (Å²) in [6.07, 6.45) is 6.88. The van der Waals surface area contributed by atoms with E-state index in [1.807, 2.05) is 29.2 Å². The maximum absolute atomic E-state index is 6.38. The zero-order chi connectivity index (χ0) is 20.5. The fourth-order valence-corrected chi connectivity index (χ4v) is 4.59. The Morgan fingerprint density at radius 2 is 2.06 bits per heavy atom. The monoisotopic (exact) mass is 434 g/mol. The third kappa shape index (κ3) is 2.85. The number of rotatable bonds is 4. The molecule has 1 aromatic carbocycles. The third-order valence-electron chi connectivity index (χ3n) is 6.27. The summed E-state index contributed by atoms with van der Waals surface area (Å²) in [5.41, 5.74) is 5.82. The average molecular weight is 435 g/mol. The van der Waals surface area contributed by atoms with E-state index in [9.17, 15) is 0 Å². The molecule has 0 N–H and O–H groups in total. The van der Waals surface area contributed by atoms with Crippen LogP contribution in [0.1, 0.15) is 35.8 Å². The van der Waals surface area contributed by atoms with E-state index in [0.717, 1.165) is 72.3 Å². The standard InChI is InChI=1S/C22H19ClN6O2/c23-15-3-4-17-16(6-15)19-14(8-28(26-19)7-12-9-30-10-12)5-18-20(24-11-29(17)18)22-25-21(27-31-22)13-1-2-13/h3-4,6,8,11-13H,1-2,5,7,9-10H2. The predicted molar refractivity (Wildman–Crippen MR) is 112 cm³/mol. The summed E-state index contributed by atoms with van der Waals surface area (Å²) in [4.78, 5) is 9.30. The zero-order valence-corrected chi connectivity index (χ0v) is 17.4. The lowest BCUT2D eigenvalue weighted by Crippen LogP contribution is -2.31. The van der Waals surface area contributed by atoms with E-state index < -0.39 is 0 Å². The lowest BCUT2D eigenvalue weighted by atomic mass is 10.0. The van der Waals surface area contributed by atoms with Crippen LogP contribution in [0.4, 0.5) is 0 Å². The second-order valence-corrected chi connectivity index (χ2v) is 9.05. The molecule has 0 atom stereocenters. The fourth-order valence-electron chi connectivity index (χ4n) is 4.42. The number of benzene rings is 1. The van der Waals surface area contributed by atoms with Crippen molar-refractivity contribution in [2.45, 2.75) is 31.7 Å². The van der Waals surface area contributed by atoms with Gasteiger partial charge >= 0.3 is 0 Å². The molecule has 2 fully saturated rings. The van der Waals surface area contributed by atoms with Gasteiger partial charge in [0, 0.05) is 47.1 Å². The van der Waals surface area contributed by atoms with Crippen LogP contribution in [0.25, 0.3) is 28.5 Å². The van der Waals surface area contributed by atoms with Crippen LogP contribution in [0.3, 0.4) is 0 Å². The van der Waals surface area contributed by atoms with E-state index in [1.54, 1.807) is 0 Å². The minimum Gasteiger partial charge on any atom is -0.381 e. The molecule has 4 aromatic rings. The summed E-state index contributed by atoms with van der Waals surface area (Å²) in [7, 11) is 0. The van der Waals surface area contributed by atoms with E-state index in [1.165, 1.54) is 0 Å². The van der Waals surface area contributed by atoms with Gasteiger partial charge in [0.25, 0.3) is 5.89 Å².